The highest BCUT2D eigenvalue weighted by molar-refractivity contribution is 7.84. The fourth-order valence-electron chi connectivity index (χ4n) is 2.16. The molecule has 1 amide bonds. The lowest BCUT2D eigenvalue weighted by Gasteiger charge is -2.24. The minimum Gasteiger partial charge on any atom is -0.444 e. The van der Waals surface area contributed by atoms with Crippen LogP contribution in [-0.4, -0.2) is 49.6 Å². The fraction of sp³-hybridized carbons (Fsp3) is 0.643. The van der Waals surface area contributed by atoms with Crippen LogP contribution in [0, 0.1) is 5.92 Å². The Balaban J connectivity index is 1.86. The Morgan fingerprint density at radius 3 is 2.86 bits per heavy atom. The zero-order valence-electron chi connectivity index (χ0n) is 12.6. The second kappa shape index (κ2) is 6.51. The monoisotopic (exact) mass is 311 g/mol. The Bertz CT molecular complexity index is 516. The zero-order valence-corrected chi connectivity index (χ0v) is 13.4. The third-order valence-corrected chi connectivity index (χ3v) is 4.55. The number of rotatable bonds is 3. The zero-order chi connectivity index (χ0) is 15.5. The van der Waals surface area contributed by atoms with Gasteiger partial charge in [0.05, 0.1) is 17.0 Å². The van der Waals surface area contributed by atoms with Gasteiger partial charge in [0.15, 0.2) is 0 Å². The normalized spacial score (nSPS) is 20.3. The Kier molecular flexibility index (Phi) is 4.92. The lowest BCUT2D eigenvalue weighted by Crippen LogP contribution is -2.35. The SMILES string of the molecule is CC(C)(C)OC(=O)N1CC[C@H](C[S@@](=O)c2cnccn2)C1. The maximum absolute atomic E-state index is 12.2. The highest BCUT2D eigenvalue weighted by Gasteiger charge is 2.30. The van der Waals surface area contributed by atoms with Crippen LogP contribution in [0.1, 0.15) is 27.2 Å². The van der Waals surface area contributed by atoms with Crippen LogP contribution in [0.15, 0.2) is 23.6 Å². The van der Waals surface area contributed by atoms with Crippen LogP contribution in [0.3, 0.4) is 0 Å². The molecule has 2 heterocycles. The topological polar surface area (TPSA) is 72.4 Å². The molecule has 2 rings (SSSR count). The van der Waals surface area contributed by atoms with E-state index in [9.17, 15) is 9.00 Å². The molecular weight excluding hydrogens is 290 g/mol. The first kappa shape index (κ1) is 15.9. The molecular formula is C14H21N3O3S. The molecule has 2 atom stereocenters. The van der Waals surface area contributed by atoms with Gasteiger partial charge in [-0.2, -0.15) is 0 Å². The Morgan fingerprint density at radius 2 is 2.24 bits per heavy atom. The molecule has 0 saturated carbocycles. The molecule has 1 aliphatic heterocycles. The minimum absolute atomic E-state index is 0.209. The van der Waals surface area contributed by atoms with Crippen molar-refractivity contribution in [1.29, 1.82) is 0 Å². The molecule has 0 radical (unpaired) electrons. The van der Waals surface area contributed by atoms with Crippen LogP contribution in [0.25, 0.3) is 0 Å². The summed E-state index contributed by atoms with van der Waals surface area (Å²) in [6.45, 7) is 6.78. The Hall–Kier alpha value is -1.50. The minimum atomic E-state index is -1.17. The molecule has 0 aliphatic carbocycles. The van der Waals surface area contributed by atoms with Gasteiger partial charge in [0, 0.05) is 31.2 Å². The second-order valence-electron chi connectivity index (χ2n) is 6.14. The van der Waals surface area contributed by atoms with E-state index >= 15 is 0 Å². The van der Waals surface area contributed by atoms with Crippen molar-refractivity contribution in [2.24, 2.45) is 5.92 Å². The average Bonchev–Trinajstić information content (AvgIpc) is 2.86. The molecule has 1 aliphatic rings. The molecule has 0 bridgehead atoms. The van der Waals surface area contributed by atoms with Gasteiger partial charge in [0.25, 0.3) is 0 Å². The number of carbonyl (C=O) groups is 1. The van der Waals surface area contributed by atoms with Crippen molar-refractivity contribution in [3.63, 3.8) is 0 Å². The molecule has 6 nitrogen and oxygen atoms in total. The summed E-state index contributed by atoms with van der Waals surface area (Å²) in [6, 6.07) is 0. The molecule has 1 aromatic heterocycles. The van der Waals surface area contributed by atoms with E-state index in [1.54, 1.807) is 11.1 Å². The maximum Gasteiger partial charge on any atom is 0.410 e. The molecule has 7 heteroatoms. The maximum atomic E-state index is 12.2. The first-order chi connectivity index (χ1) is 9.85. The fourth-order valence-corrected chi connectivity index (χ4v) is 3.39. The van der Waals surface area contributed by atoms with Crippen LogP contribution in [-0.2, 0) is 15.5 Å². The third-order valence-electron chi connectivity index (χ3n) is 3.10. The summed E-state index contributed by atoms with van der Waals surface area (Å²) in [5.74, 6) is 0.707. The largest absolute Gasteiger partial charge is 0.444 e. The van der Waals surface area contributed by atoms with Crippen LogP contribution in [0.5, 0.6) is 0 Å². The van der Waals surface area contributed by atoms with Gasteiger partial charge in [-0.15, -0.1) is 0 Å². The molecule has 1 fully saturated rings. The van der Waals surface area contributed by atoms with Gasteiger partial charge in [-0.05, 0) is 33.1 Å². The number of hydrogen-bond acceptors (Lipinski definition) is 5. The van der Waals surface area contributed by atoms with Crippen LogP contribution < -0.4 is 0 Å². The van der Waals surface area contributed by atoms with E-state index in [1.165, 1.54) is 12.4 Å². The number of carbonyl (C=O) groups excluding carboxylic acids is 1. The van der Waals surface area contributed by atoms with E-state index < -0.39 is 16.4 Å². The number of amides is 1. The van der Waals surface area contributed by atoms with Crippen molar-refractivity contribution in [3.05, 3.63) is 18.6 Å². The van der Waals surface area contributed by atoms with E-state index in [4.69, 9.17) is 4.74 Å². The van der Waals surface area contributed by atoms with E-state index in [-0.39, 0.29) is 12.0 Å². The molecule has 1 saturated heterocycles. The molecule has 0 N–H and O–H groups in total. The lowest BCUT2D eigenvalue weighted by atomic mass is 10.2. The smallest absolute Gasteiger partial charge is 0.410 e. The average molecular weight is 311 g/mol. The van der Waals surface area contributed by atoms with Crippen molar-refractivity contribution < 1.29 is 13.7 Å². The quantitative estimate of drug-likeness (QED) is 0.851. The van der Waals surface area contributed by atoms with Gasteiger partial charge in [0.2, 0.25) is 0 Å². The predicted octanol–water partition coefficient (Wildman–Crippen LogP) is 1.84. The van der Waals surface area contributed by atoms with Crippen LogP contribution in [0.2, 0.25) is 0 Å². The predicted molar refractivity (Wildman–Crippen MR) is 79.2 cm³/mol. The van der Waals surface area contributed by atoms with Crippen LogP contribution >= 0.6 is 0 Å². The summed E-state index contributed by atoms with van der Waals surface area (Å²) < 4.78 is 17.5. The second-order valence-corrected chi connectivity index (χ2v) is 7.58. The summed E-state index contributed by atoms with van der Waals surface area (Å²) in [5.41, 5.74) is -0.488. The van der Waals surface area contributed by atoms with Gasteiger partial charge in [-0.3, -0.25) is 9.19 Å². The summed E-state index contributed by atoms with van der Waals surface area (Å²) in [4.78, 5) is 21.6. The van der Waals surface area contributed by atoms with Gasteiger partial charge in [-0.1, -0.05) is 0 Å². The van der Waals surface area contributed by atoms with Gasteiger partial charge < -0.3 is 9.64 Å². The van der Waals surface area contributed by atoms with Crippen molar-refractivity contribution in [2.45, 2.75) is 37.8 Å². The number of ether oxygens (including phenoxy) is 1. The molecule has 116 valence electrons. The van der Waals surface area contributed by atoms with E-state index in [1.807, 2.05) is 20.8 Å². The summed E-state index contributed by atoms with van der Waals surface area (Å²) >= 11 is 0. The molecule has 0 aromatic carbocycles. The molecule has 0 spiro atoms. The standard InChI is InChI=1S/C14H21N3O3S/c1-14(2,3)20-13(18)17-7-4-11(9-17)10-21(19)12-8-15-5-6-16-12/h5-6,8,11H,4,7,9-10H2,1-3H3/t11-,21+/m0/s1. The summed E-state index contributed by atoms with van der Waals surface area (Å²) in [5, 5.41) is 0.494. The van der Waals surface area contributed by atoms with Crippen molar-refractivity contribution in [1.82, 2.24) is 14.9 Å². The van der Waals surface area contributed by atoms with Crippen LogP contribution in [0.4, 0.5) is 4.79 Å². The van der Waals surface area contributed by atoms with Gasteiger partial charge in [0.1, 0.15) is 10.6 Å². The lowest BCUT2D eigenvalue weighted by molar-refractivity contribution is 0.0289. The first-order valence-electron chi connectivity index (χ1n) is 6.97. The van der Waals surface area contributed by atoms with E-state index in [2.05, 4.69) is 9.97 Å². The summed E-state index contributed by atoms with van der Waals surface area (Å²) in [6.07, 6.45) is 5.16. The number of hydrogen-bond donors (Lipinski definition) is 0. The Morgan fingerprint density at radius 1 is 1.48 bits per heavy atom. The highest BCUT2D eigenvalue weighted by Crippen LogP contribution is 2.21. The molecule has 1 aromatic rings. The molecule has 0 unspecified atom stereocenters. The third kappa shape index (κ3) is 4.77. The van der Waals surface area contributed by atoms with Crippen molar-refractivity contribution in [2.75, 3.05) is 18.8 Å². The first-order valence-corrected chi connectivity index (χ1v) is 8.29. The van der Waals surface area contributed by atoms with Gasteiger partial charge >= 0.3 is 6.09 Å². The molecule has 21 heavy (non-hydrogen) atoms. The van der Waals surface area contributed by atoms with Gasteiger partial charge in [-0.25, -0.2) is 9.78 Å². The van der Waals surface area contributed by atoms with E-state index in [0.29, 0.717) is 23.9 Å². The van der Waals surface area contributed by atoms with E-state index in [0.717, 1.165) is 6.42 Å². The Labute approximate surface area is 127 Å². The van der Waals surface area contributed by atoms with Crippen molar-refractivity contribution >= 4 is 16.9 Å². The van der Waals surface area contributed by atoms with Crippen molar-refractivity contribution in [3.8, 4) is 0 Å². The summed E-state index contributed by atoms with van der Waals surface area (Å²) in [7, 11) is -1.17. The number of aromatic nitrogens is 2. The number of likely N-dealkylation sites (tertiary alicyclic amines) is 1. The number of nitrogens with zero attached hydrogens (tertiary/aromatic N) is 3. The highest BCUT2D eigenvalue weighted by atomic mass is 32.2.